The molecule has 0 radical (unpaired) electrons. The molecule has 7 heteroatoms. The Morgan fingerprint density at radius 3 is 2.73 bits per heavy atom. The fraction of sp³-hybridized carbons (Fsp3) is 0.522. The Labute approximate surface area is 175 Å². The van der Waals surface area contributed by atoms with Gasteiger partial charge in [-0.2, -0.15) is 0 Å². The molecule has 5 rings (SSSR count). The van der Waals surface area contributed by atoms with E-state index in [9.17, 15) is 4.79 Å². The molecule has 1 saturated carbocycles. The van der Waals surface area contributed by atoms with E-state index in [1.54, 1.807) is 0 Å². The number of imidazole rings is 1. The number of nitrogens with zero attached hydrogens (tertiary/aromatic N) is 3. The van der Waals surface area contributed by atoms with E-state index in [2.05, 4.69) is 33.2 Å². The van der Waals surface area contributed by atoms with Crippen molar-refractivity contribution in [1.82, 2.24) is 20.0 Å². The van der Waals surface area contributed by atoms with Crippen LogP contribution in [0.1, 0.15) is 67.9 Å². The lowest BCUT2D eigenvalue weighted by Gasteiger charge is -2.27. The monoisotopic (exact) mass is 408 g/mol. The van der Waals surface area contributed by atoms with Gasteiger partial charge in [-0.3, -0.25) is 4.79 Å². The molecule has 30 heavy (non-hydrogen) atoms. The predicted molar refractivity (Wildman–Crippen MR) is 113 cm³/mol. The summed E-state index contributed by atoms with van der Waals surface area (Å²) in [6.45, 7) is 4.58. The molecule has 2 aliphatic rings. The van der Waals surface area contributed by atoms with Gasteiger partial charge in [-0.15, -0.1) is 0 Å². The van der Waals surface area contributed by atoms with Crippen LogP contribution >= 0.6 is 0 Å². The van der Waals surface area contributed by atoms with Crippen LogP contribution in [-0.4, -0.2) is 33.8 Å². The molecule has 1 amide bonds. The van der Waals surface area contributed by atoms with Crippen molar-refractivity contribution in [1.29, 1.82) is 0 Å². The number of carbonyl (C=O) groups is 1. The SMILES string of the molecule is Cc1noc(C)c1-c1ccc2c(c1)nc([C@@H]1CCOCC(=O)N1)n2C1CCCCC1. The first kappa shape index (κ1) is 19.3. The van der Waals surface area contributed by atoms with Crippen LogP contribution in [0.25, 0.3) is 22.2 Å². The largest absolute Gasteiger partial charge is 0.372 e. The van der Waals surface area contributed by atoms with Crippen molar-refractivity contribution in [2.45, 2.75) is 64.5 Å². The second-order valence-electron chi connectivity index (χ2n) is 8.50. The van der Waals surface area contributed by atoms with Gasteiger partial charge >= 0.3 is 0 Å². The van der Waals surface area contributed by atoms with Crippen LogP contribution in [-0.2, 0) is 9.53 Å². The lowest BCUT2D eigenvalue weighted by molar-refractivity contribution is -0.124. The van der Waals surface area contributed by atoms with Crippen molar-refractivity contribution in [3.05, 3.63) is 35.5 Å². The van der Waals surface area contributed by atoms with Crippen LogP contribution in [0.4, 0.5) is 0 Å². The van der Waals surface area contributed by atoms with Crippen LogP contribution in [0.5, 0.6) is 0 Å². The lowest BCUT2D eigenvalue weighted by atomic mass is 9.94. The molecule has 1 saturated heterocycles. The first-order chi connectivity index (χ1) is 14.6. The summed E-state index contributed by atoms with van der Waals surface area (Å²) in [5.74, 6) is 1.69. The average molecular weight is 409 g/mol. The number of hydrogen-bond donors (Lipinski definition) is 1. The zero-order valence-electron chi connectivity index (χ0n) is 17.6. The van der Waals surface area contributed by atoms with Gasteiger partial charge in [0.05, 0.1) is 22.8 Å². The minimum Gasteiger partial charge on any atom is -0.372 e. The molecule has 3 heterocycles. The third-order valence-electron chi connectivity index (χ3n) is 6.41. The van der Waals surface area contributed by atoms with Crippen LogP contribution < -0.4 is 5.32 Å². The summed E-state index contributed by atoms with van der Waals surface area (Å²) in [6, 6.07) is 6.71. The Morgan fingerprint density at radius 2 is 1.97 bits per heavy atom. The van der Waals surface area contributed by atoms with E-state index in [1.165, 1.54) is 19.3 Å². The fourth-order valence-electron chi connectivity index (χ4n) is 5.00. The van der Waals surface area contributed by atoms with E-state index in [1.807, 2.05) is 13.8 Å². The molecule has 158 valence electrons. The number of benzene rings is 1. The maximum absolute atomic E-state index is 12.2. The topological polar surface area (TPSA) is 82.2 Å². The van der Waals surface area contributed by atoms with Crippen molar-refractivity contribution in [2.75, 3.05) is 13.2 Å². The molecule has 1 N–H and O–H groups in total. The molecule has 0 spiro atoms. The van der Waals surface area contributed by atoms with E-state index in [0.29, 0.717) is 12.6 Å². The minimum absolute atomic E-state index is 0.0730. The Bertz CT molecular complexity index is 1060. The molecule has 3 aromatic rings. The van der Waals surface area contributed by atoms with E-state index in [4.69, 9.17) is 14.2 Å². The Balaban J connectivity index is 1.64. The summed E-state index contributed by atoms with van der Waals surface area (Å²) < 4.78 is 13.2. The molecule has 0 unspecified atom stereocenters. The Morgan fingerprint density at radius 1 is 1.13 bits per heavy atom. The van der Waals surface area contributed by atoms with Gasteiger partial charge in [0.15, 0.2) is 0 Å². The van der Waals surface area contributed by atoms with Crippen LogP contribution in [0.15, 0.2) is 22.7 Å². The number of aryl methyl sites for hydroxylation is 2. The molecule has 1 aromatic carbocycles. The zero-order chi connectivity index (χ0) is 20.7. The minimum atomic E-state index is -0.128. The van der Waals surface area contributed by atoms with Crippen LogP contribution in [0.3, 0.4) is 0 Å². The summed E-state index contributed by atoms with van der Waals surface area (Å²) in [5, 5.41) is 7.22. The third-order valence-corrected chi connectivity index (χ3v) is 6.41. The number of fused-ring (bicyclic) bond motifs is 1. The molecular formula is C23H28N4O3. The van der Waals surface area contributed by atoms with E-state index in [0.717, 1.165) is 58.7 Å². The van der Waals surface area contributed by atoms with Crippen molar-refractivity contribution in [3.63, 3.8) is 0 Å². The van der Waals surface area contributed by atoms with Gasteiger partial charge in [0.2, 0.25) is 5.91 Å². The molecule has 7 nitrogen and oxygen atoms in total. The van der Waals surface area contributed by atoms with Crippen molar-refractivity contribution >= 4 is 16.9 Å². The molecule has 1 aliphatic heterocycles. The highest BCUT2D eigenvalue weighted by Crippen LogP contribution is 2.37. The van der Waals surface area contributed by atoms with Crippen molar-refractivity contribution < 1.29 is 14.1 Å². The summed E-state index contributed by atoms with van der Waals surface area (Å²) in [6.07, 6.45) is 6.81. The smallest absolute Gasteiger partial charge is 0.246 e. The van der Waals surface area contributed by atoms with Gasteiger partial charge in [0.25, 0.3) is 0 Å². The van der Waals surface area contributed by atoms with Crippen LogP contribution in [0.2, 0.25) is 0 Å². The summed E-state index contributed by atoms with van der Waals surface area (Å²) in [7, 11) is 0. The molecule has 1 atom stereocenters. The fourth-order valence-corrected chi connectivity index (χ4v) is 5.00. The van der Waals surface area contributed by atoms with E-state index >= 15 is 0 Å². The maximum Gasteiger partial charge on any atom is 0.246 e. The molecule has 2 fully saturated rings. The van der Waals surface area contributed by atoms with Gasteiger partial charge < -0.3 is 19.1 Å². The summed E-state index contributed by atoms with van der Waals surface area (Å²) in [4.78, 5) is 17.2. The molecule has 0 bridgehead atoms. The maximum atomic E-state index is 12.2. The predicted octanol–water partition coefficient (Wildman–Crippen LogP) is 4.39. The number of amides is 1. The first-order valence-corrected chi connectivity index (χ1v) is 10.9. The van der Waals surface area contributed by atoms with Gasteiger partial charge in [0.1, 0.15) is 18.2 Å². The van der Waals surface area contributed by atoms with Crippen molar-refractivity contribution in [3.8, 4) is 11.1 Å². The number of carbonyl (C=O) groups excluding carboxylic acids is 1. The third kappa shape index (κ3) is 3.41. The number of aromatic nitrogens is 3. The lowest BCUT2D eigenvalue weighted by Crippen LogP contribution is -2.31. The average Bonchev–Trinajstić information content (AvgIpc) is 3.21. The highest BCUT2D eigenvalue weighted by Gasteiger charge is 2.28. The number of hydrogen-bond acceptors (Lipinski definition) is 5. The number of nitrogens with one attached hydrogen (secondary N) is 1. The Kier molecular flexibility index (Phi) is 5.06. The molecule has 2 aromatic heterocycles. The summed E-state index contributed by atoms with van der Waals surface area (Å²) in [5.41, 5.74) is 5.06. The van der Waals surface area contributed by atoms with Gasteiger partial charge in [-0.05, 0) is 50.8 Å². The zero-order valence-corrected chi connectivity index (χ0v) is 17.6. The van der Waals surface area contributed by atoms with Gasteiger partial charge in [-0.1, -0.05) is 30.5 Å². The van der Waals surface area contributed by atoms with E-state index < -0.39 is 0 Å². The molecular weight excluding hydrogens is 380 g/mol. The molecule has 1 aliphatic carbocycles. The second-order valence-corrected chi connectivity index (χ2v) is 8.50. The number of rotatable bonds is 3. The first-order valence-electron chi connectivity index (χ1n) is 10.9. The van der Waals surface area contributed by atoms with Crippen molar-refractivity contribution in [2.24, 2.45) is 0 Å². The van der Waals surface area contributed by atoms with Crippen LogP contribution in [0, 0.1) is 13.8 Å². The summed E-state index contributed by atoms with van der Waals surface area (Å²) >= 11 is 0. The van der Waals surface area contributed by atoms with Gasteiger partial charge in [0, 0.05) is 18.2 Å². The quantitative estimate of drug-likeness (QED) is 0.695. The van der Waals surface area contributed by atoms with E-state index in [-0.39, 0.29) is 18.6 Å². The standard InChI is InChI=1S/C23H28N4O3/c1-14-22(15(2)30-26-14)16-8-9-20-19(12-16)25-23(18-10-11-29-13-21(28)24-18)27(20)17-6-4-3-5-7-17/h8-9,12,17-18H,3-7,10-11,13H2,1-2H3,(H,24,28)/t18-/m0/s1. The number of ether oxygens (including phenoxy) is 1. The highest BCUT2D eigenvalue weighted by molar-refractivity contribution is 5.84. The normalized spacial score (nSPS) is 21.0. The Hall–Kier alpha value is -2.67. The second kappa shape index (κ2) is 7.87. The van der Waals surface area contributed by atoms with Gasteiger partial charge in [-0.25, -0.2) is 4.98 Å². The highest BCUT2D eigenvalue weighted by atomic mass is 16.5.